The summed E-state index contributed by atoms with van der Waals surface area (Å²) >= 11 is 0. The summed E-state index contributed by atoms with van der Waals surface area (Å²) < 4.78 is 3.26. The summed E-state index contributed by atoms with van der Waals surface area (Å²) in [4.78, 5) is 26.9. The average molecular weight is 345 g/mol. The van der Waals surface area contributed by atoms with Crippen LogP contribution in [0.1, 0.15) is 33.1 Å². The Balaban J connectivity index is 2.04. The van der Waals surface area contributed by atoms with Crippen molar-refractivity contribution in [3.8, 4) is 0 Å². The molecule has 2 heterocycles. The quantitative estimate of drug-likeness (QED) is 0.894. The lowest BCUT2D eigenvalue weighted by Crippen LogP contribution is -2.36. The maximum Gasteiger partial charge on any atom is 0.328 e. The molecule has 1 fully saturated rings. The van der Waals surface area contributed by atoms with Gasteiger partial charge in [0.25, 0.3) is 0 Å². The summed E-state index contributed by atoms with van der Waals surface area (Å²) in [6.45, 7) is 5.94. The predicted octanol–water partition coefficient (Wildman–Crippen LogP) is 2.40. The van der Waals surface area contributed by atoms with Crippen molar-refractivity contribution in [2.45, 2.75) is 39.2 Å². The van der Waals surface area contributed by atoms with Gasteiger partial charge < -0.3 is 15.5 Å². The SMILES string of the molecule is CC[C@@H](C)NC(=O)Nc1cc2c(cc1N1CCCC1)n(C)c(=O)n2C. The topological polar surface area (TPSA) is 71.3 Å². The maximum atomic E-state index is 12.3. The Morgan fingerprint density at radius 2 is 1.76 bits per heavy atom. The van der Waals surface area contributed by atoms with Crippen LogP contribution in [0.5, 0.6) is 0 Å². The van der Waals surface area contributed by atoms with Gasteiger partial charge in [0.15, 0.2) is 0 Å². The van der Waals surface area contributed by atoms with Crippen LogP contribution in [-0.4, -0.2) is 34.3 Å². The second kappa shape index (κ2) is 6.82. The minimum Gasteiger partial charge on any atom is -0.370 e. The fourth-order valence-corrected chi connectivity index (χ4v) is 3.34. The number of aryl methyl sites for hydroxylation is 2. The number of nitrogens with zero attached hydrogens (tertiary/aromatic N) is 3. The molecule has 7 heteroatoms. The summed E-state index contributed by atoms with van der Waals surface area (Å²) in [5, 5.41) is 5.92. The van der Waals surface area contributed by atoms with Crippen molar-refractivity contribution in [3.63, 3.8) is 0 Å². The Labute approximate surface area is 147 Å². The molecule has 1 aromatic heterocycles. The van der Waals surface area contributed by atoms with Crippen molar-refractivity contribution in [1.82, 2.24) is 14.5 Å². The number of amides is 2. The highest BCUT2D eigenvalue weighted by atomic mass is 16.2. The Morgan fingerprint density at radius 3 is 2.36 bits per heavy atom. The van der Waals surface area contributed by atoms with Crippen molar-refractivity contribution in [1.29, 1.82) is 0 Å². The first kappa shape index (κ1) is 17.4. The van der Waals surface area contributed by atoms with Crippen LogP contribution in [0.2, 0.25) is 0 Å². The second-order valence-corrected chi connectivity index (χ2v) is 6.86. The molecule has 7 nitrogen and oxygen atoms in total. The number of rotatable bonds is 4. The van der Waals surface area contributed by atoms with E-state index < -0.39 is 0 Å². The minimum atomic E-state index is -0.213. The number of anilines is 2. The number of aromatic nitrogens is 2. The van der Waals surface area contributed by atoms with E-state index in [9.17, 15) is 9.59 Å². The fourth-order valence-electron chi connectivity index (χ4n) is 3.34. The van der Waals surface area contributed by atoms with Gasteiger partial charge in [0.2, 0.25) is 0 Å². The number of fused-ring (bicyclic) bond motifs is 1. The van der Waals surface area contributed by atoms with Crippen LogP contribution >= 0.6 is 0 Å². The van der Waals surface area contributed by atoms with Crippen LogP contribution in [0.25, 0.3) is 11.0 Å². The van der Waals surface area contributed by atoms with E-state index in [1.54, 1.807) is 23.2 Å². The molecule has 0 aliphatic carbocycles. The van der Waals surface area contributed by atoms with Crippen molar-refractivity contribution in [2.24, 2.45) is 14.1 Å². The highest BCUT2D eigenvalue weighted by Gasteiger charge is 2.20. The van der Waals surface area contributed by atoms with E-state index in [4.69, 9.17) is 0 Å². The summed E-state index contributed by atoms with van der Waals surface area (Å²) in [5.41, 5.74) is 3.35. The first-order chi connectivity index (χ1) is 11.9. The molecule has 2 N–H and O–H groups in total. The van der Waals surface area contributed by atoms with Crippen LogP contribution in [0.3, 0.4) is 0 Å². The lowest BCUT2D eigenvalue weighted by molar-refractivity contribution is 0.249. The van der Waals surface area contributed by atoms with E-state index in [0.29, 0.717) is 0 Å². The van der Waals surface area contributed by atoms with Gasteiger partial charge in [-0.1, -0.05) is 6.92 Å². The number of carbonyl (C=O) groups excluding carboxylic acids is 1. The molecule has 1 aliphatic heterocycles. The minimum absolute atomic E-state index is 0.0661. The van der Waals surface area contributed by atoms with Gasteiger partial charge in [-0.25, -0.2) is 9.59 Å². The molecule has 1 saturated heterocycles. The first-order valence-electron chi connectivity index (χ1n) is 8.94. The summed E-state index contributed by atoms with van der Waals surface area (Å²) in [6.07, 6.45) is 3.16. The summed E-state index contributed by atoms with van der Waals surface area (Å²) in [5.74, 6) is 0. The molecule has 25 heavy (non-hydrogen) atoms. The molecule has 1 aromatic carbocycles. The van der Waals surface area contributed by atoms with Crippen LogP contribution in [0, 0.1) is 0 Å². The van der Waals surface area contributed by atoms with E-state index in [2.05, 4.69) is 15.5 Å². The molecule has 0 radical (unpaired) electrons. The van der Waals surface area contributed by atoms with Gasteiger partial charge in [-0.05, 0) is 38.3 Å². The van der Waals surface area contributed by atoms with Crippen LogP contribution in [0.4, 0.5) is 16.2 Å². The lowest BCUT2D eigenvalue weighted by atomic mass is 10.2. The number of hydrogen-bond acceptors (Lipinski definition) is 3. The molecular weight excluding hydrogens is 318 g/mol. The Bertz CT molecular complexity index is 845. The van der Waals surface area contributed by atoms with Gasteiger partial charge in [-0.3, -0.25) is 9.13 Å². The lowest BCUT2D eigenvalue weighted by Gasteiger charge is -2.23. The Morgan fingerprint density at radius 1 is 1.16 bits per heavy atom. The average Bonchev–Trinajstić information content (AvgIpc) is 3.19. The van der Waals surface area contributed by atoms with E-state index in [1.807, 2.05) is 26.0 Å². The molecule has 3 rings (SSSR count). The number of hydrogen-bond donors (Lipinski definition) is 2. The third-order valence-corrected chi connectivity index (χ3v) is 5.07. The van der Waals surface area contributed by atoms with E-state index in [0.717, 1.165) is 54.8 Å². The first-order valence-corrected chi connectivity index (χ1v) is 8.94. The van der Waals surface area contributed by atoms with Gasteiger partial charge >= 0.3 is 11.7 Å². The molecule has 0 saturated carbocycles. The maximum absolute atomic E-state index is 12.3. The third kappa shape index (κ3) is 3.23. The summed E-state index contributed by atoms with van der Waals surface area (Å²) in [6, 6.07) is 3.82. The zero-order chi connectivity index (χ0) is 18.1. The zero-order valence-corrected chi connectivity index (χ0v) is 15.4. The van der Waals surface area contributed by atoms with Crippen LogP contribution in [0.15, 0.2) is 16.9 Å². The second-order valence-electron chi connectivity index (χ2n) is 6.86. The number of carbonyl (C=O) groups is 1. The number of urea groups is 1. The van der Waals surface area contributed by atoms with Crippen molar-refractivity contribution < 1.29 is 4.79 Å². The van der Waals surface area contributed by atoms with Crippen LogP contribution in [-0.2, 0) is 14.1 Å². The third-order valence-electron chi connectivity index (χ3n) is 5.07. The molecule has 2 aromatic rings. The molecular formula is C18H27N5O2. The van der Waals surface area contributed by atoms with Gasteiger partial charge in [-0.15, -0.1) is 0 Å². The van der Waals surface area contributed by atoms with Crippen molar-refractivity contribution in [2.75, 3.05) is 23.3 Å². The summed E-state index contributed by atoms with van der Waals surface area (Å²) in [7, 11) is 3.53. The molecule has 0 unspecified atom stereocenters. The molecule has 136 valence electrons. The highest BCUT2D eigenvalue weighted by molar-refractivity contribution is 5.98. The van der Waals surface area contributed by atoms with Gasteiger partial charge in [0.1, 0.15) is 0 Å². The Hall–Kier alpha value is -2.44. The number of imidazole rings is 1. The molecule has 0 bridgehead atoms. The largest absolute Gasteiger partial charge is 0.370 e. The highest BCUT2D eigenvalue weighted by Crippen LogP contribution is 2.33. The number of benzene rings is 1. The number of nitrogens with one attached hydrogen (secondary N) is 2. The molecule has 0 spiro atoms. The normalized spacial score (nSPS) is 15.6. The zero-order valence-electron chi connectivity index (χ0n) is 15.4. The predicted molar refractivity (Wildman–Crippen MR) is 102 cm³/mol. The van der Waals surface area contributed by atoms with Gasteiger partial charge in [0.05, 0.1) is 22.4 Å². The standard InChI is InChI=1S/C18H27N5O2/c1-5-12(2)19-17(24)20-13-10-15-16(22(4)18(25)21(15)3)11-14(13)23-8-6-7-9-23/h10-12H,5-9H2,1-4H3,(H2,19,20,24)/t12-/m1/s1. The van der Waals surface area contributed by atoms with E-state index in [1.165, 1.54) is 0 Å². The van der Waals surface area contributed by atoms with Crippen LogP contribution < -0.4 is 21.2 Å². The molecule has 1 aliphatic rings. The van der Waals surface area contributed by atoms with Crippen molar-refractivity contribution >= 4 is 28.4 Å². The fraction of sp³-hybridized carbons (Fsp3) is 0.556. The Kier molecular flexibility index (Phi) is 4.74. The molecule has 2 amide bonds. The van der Waals surface area contributed by atoms with Gasteiger partial charge in [-0.2, -0.15) is 0 Å². The van der Waals surface area contributed by atoms with Gasteiger partial charge in [0, 0.05) is 33.2 Å². The van der Waals surface area contributed by atoms with E-state index in [-0.39, 0.29) is 17.8 Å². The molecule has 1 atom stereocenters. The van der Waals surface area contributed by atoms with Crippen molar-refractivity contribution in [3.05, 3.63) is 22.6 Å². The van der Waals surface area contributed by atoms with E-state index >= 15 is 0 Å². The smallest absolute Gasteiger partial charge is 0.328 e. The monoisotopic (exact) mass is 345 g/mol.